The van der Waals surface area contributed by atoms with Crippen molar-refractivity contribution in [2.45, 2.75) is 20.3 Å². The zero-order chi connectivity index (χ0) is 7.98. The summed E-state index contributed by atoms with van der Waals surface area (Å²) in [6, 6.07) is 0. The van der Waals surface area contributed by atoms with E-state index in [9.17, 15) is 0 Å². The molecule has 10 heavy (non-hydrogen) atoms. The van der Waals surface area contributed by atoms with Crippen molar-refractivity contribution in [3.8, 4) is 0 Å². The molecule has 0 aromatic carbocycles. The molecule has 0 unspecified atom stereocenters. The van der Waals surface area contributed by atoms with Gasteiger partial charge in [0.05, 0.1) is 0 Å². The first-order valence-electron chi connectivity index (χ1n) is 3.42. The second kappa shape index (κ2) is 4.98. The Labute approximate surface area is 63.2 Å². The van der Waals surface area contributed by atoms with Gasteiger partial charge in [-0.2, -0.15) is 0 Å². The molecule has 0 saturated carbocycles. The smallest absolute Gasteiger partial charge is 0.0276 e. The van der Waals surface area contributed by atoms with Gasteiger partial charge in [-0.05, 0) is 13.8 Å². The minimum absolute atomic E-state index is 0.939. The first kappa shape index (κ1) is 9.15. The Bertz CT molecular complexity index is 164. The number of rotatable bonds is 3. The maximum atomic E-state index is 4.03. The van der Waals surface area contributed by atoms with Crippen LogP contribution in [0.2, 0.25) is 0 Å². The molecule has 0 rings (SSSR count). The first-order valence-corrected chi connectivity index (χ1v) is 3.42. The molecular weight excluding hydrogens is 122 g/mol. The Kier molecular flexibility index (Phi) is 4.55. The first-order chi connectivity index (χ1) is 4.70. The minimum Gasteiger partial charge on any atom is -0.297 e. The average molecular weight is 137 g/mol. The van der Waals surface area contributed by atoms with E-state index < -0.39 is 0 Å². The molecule has 56 valence electrons. The maximum absolute atomic E-state index is 4.03. The largest absolute Gasteiger partial charge is 0.297 e. The molecular formula is C9H15N. The minimum atomic E-state index is 0.939. The summed E-state index contributed by atoms with van der Waals surface area (Å²) in [5, 5.41) is 0. The highest BCUT2D eigenvalue weighted by Gasteiger charge is 1.84. The fraction of sp³-hybridized carbons (Fsp3) is 0.444. The highest BCUT2D eigenvalue weighted by Crippen LogP contribution is 1.96. The highest BCUT2D eigenvalue weighted by molar-refractivity contribution is 5.83. The third-order valence-corrected chi connectivity index (χ3v) is 1.42. The van der Waals surface area contributed by atoms with E-state index >= 15 is 0 Å². The van der Waals surface area contributed by atoms with Crippen LogP contribution in [0.1, 0.15) is 20.3 Å². The normalized spacial score (nSPS) is 13.5. The second-order valence-corrected chi connectivity index (χ2v) is 2.32. The maximum Gasteiger partial charge on any atom is 0.0276 e. The van der Waals surface area contributed by atoms with E-state index in [0.717, 1.165) is 12.1 Å². The number of allylic oxidation sites excluding steroid dienone is 3. The van der Waals surface area contributed by atoms with Crippen LogP contribution in [0.25, 0.3) is 0 Å². The van der Waals surface area contributed by atoms with E-state index in [4.69, 9.17) is 0 Å². The standard InChI is InChI=1S/C9H15N/c1-5-8(2)6-7-9(3)10-4/h5-6H,1,7H2,2-4H3. The van der Waals surface area contributed by atoms with Gasteiger partial charge in [0.25, 0.3) is 0 Å². The van der Waals surface area contributed by atoms with Crippen molar-refractivity contribution < 1.29 is 0 Å². The predicted molar refractivity (Wildman–Crippen MR) is 47.6 cm³/mol. The molecule has 0 aliphatic rings. The fourth-order valence-corrected chi connectivity index (χ4v) is 0.483. The van der Waals surface area contributed by atoms with Gasteiger partial charge in [-0.15, -0.1) is 0 Å². The van der Waals surface area contributed by atoms with Crippen LogP contribution >= 0.6 is 0 Å². The van der Waals surface area contributed by atoms with Gasteiger partial charge in [-0.1, -0.05) is 24.3 Å². The lowest BCUT2D eigenvalue weighted by atomic mass is 10.2. The molecule has 1 nitrogen and oxygen atoms in total. The summed E-state index contributed by atoms with van der Waals surface area (Å²) in [6.07, 6.45) is 4.91. The molecule has 0 fully saturated rings. The summed E-state index contributed by atoms with van der Waals surface area (Å²) < 4.78 is 0. The number of nitrogens with zero attached hydrogens (tertiary/aromatic N) is 1. The van der Waals surface area contributed by atoms with Gasteiger partial charge in [-0.25, -0.2) is 0 Å². The Morgan fingerprint density at radius 3 is 2.50 bits per heavy atom. The fourth-order valence-electron chi connectivity index (χ4n) is 0.483. The van der Waals surface area contributed by atoms with E-state index in [1.54, 1.807) is 0 Å². The van der Waals surface area contributed by atoms with Crippen LogP contribution in [-0.2, 0) is 0 Å². The van der Waals surface area contributed by atoms with Crippen molar-refractivity contribution in [3.05, 3.63) is 24.3 Å². The molecule has 0 N–H and O–H groups in total. The van der Waals surface area contributed by atoms with Gasteiger partial charge in [0, 0.05) is 19.2 Å². The summed E-state index contributed by atoms with van der Waals surface area (Å²) >= 11 is 0. The van der Waals surface area contributed by atoms with Gasteiger partial charge in [0.2, 0.25) is 0 Å². The van der Waals surface area contributed by atoms with Crippen LogP contribution in [0.3, 0.4) is 0 Å². The van der Waals surface area contributed by atoms with E-state index in [0.29, 0.717) is 0 Å². The van der Waals surface area contributed by atoms with E-state index in [-0.39, 0.29) is 0 Å². The monoisotopic (exact) mass is 137 g/mol. The van der Waals surface area contributed by atoms with Gasteiger partial charge in [-0.3, -0.25) is 4.99 Å². The Morgan fingerprint density at radius 2 is 2.10 bits per heavy atom. The summed E-state index contributed by atoms with van der Waals surface area (Å²) in [7, 11) is 1.81. The van der Waals surface area contributed by atoms with Crippen LogP contribution in [0.15, 0.2) is 29.3 Å². The second-order valence-electron chi connectivity index (χ2n) is 2.32. The topological polar surface area (TPSA) is 12.4 Å². The van der Waals surface area contributed by atoms with Crippen LogP contribution in [-0.4, -0.2) is 12.8 Å². The molecule has 0 saturated heterocycles. The summed E-state index contributed by atoms with van der Waals surface area (Å²) in [5.41, 5.74) is 2.37. The van der Waals surface area contributed by atoms with Crippen molar-refractivity contribution >= 4 is 5.71 Å². The van der Waals surface area contributed by atoms with Gasteiger partial charge < -0.3 is 0 Å². The zero-order valence-electron chi connectivity index (χ0n) is 7.02. The molecule has 0 amide bonds. The summed E-state index contributed by atoms with van der Waals surface area (Å²) in [4.78, 5) is 4.03. The van der Waals surface area contributed by atoms with E-state index in [1.165, 1.54) is 5.57 Å². The van der Waals surface area contributed by atoms with Crippen molar-refractivity contribution in [2.24, 2.45) is 4.99 Å². The molecule has 0 aliphatic heterocycles. The lowest BCUT2D eigenvalue weighted by Gasteiger charge is -1.92. The number of aliphatic imine (C=N–C) groups is 1. The molecule has 0 aliphatic carbocycles. The average Bonchev–Trinajstić information content (AvgIpc) is 1.99. The molecule has 0 heterocycles. The molecule has 1 heteroatoms. The Balaban J connectivity index is 3.83. The predicted octanol–water partition coefficient (Wildman–Crippen LogP) is 2.60. The van der Waals surface area contributed by atoms with Crippen LogP contribution in [0.4, 0.5) is 0 Å². The van der Waals surface area contributed by atoms with Crippen LogP contribution < -0.4 is 0 Å². The SMILES string of the molecule is C=CC(C)=CCC(C)=NC. The molecule has 0 bridgehead atoms. The lowest BCUT2D eigenvalue weighted by Crippen LogP contribution is -1.86. The van der Waals surface area contributed by atoms with E-state index in [2.05, 4.69) is 17.6 Å². The third kappa shape index (κ3) is 4.07. The number of hydrogen-bond donors (Lipinski definition) is 0. The van der Waals surface area contributed by atoms with Gasteiger partial charge in [0.1, 0.15) is 0 Å². The molecule has 0 spiro atoms. The van der Waals surface area contributed by atoms with Crippen molar-refractivity contribution in [1.82, 2.24) is 0 Å². The third-order valence-electron chi connectivity index (χ3n) is 1.42. The van der Waals surface area contributed by atoms with Gasteiger partial charge in [0.15, 0.2) is 0 Å². The Morgan fingerprint density at radius 1 is 1.50 bits per heavy atom. The molecule has 0 radical (unpaired) electrons. The van der Waals surface area contributed by atoms with Crippen LogP contribution in [0, 0.1) is 0 Å². The van der Waals surface area contributed by atoms with E-state index in [1.807, 2.05) is 27.0 Å². The zero-order valence-corrected chi connectivity index (χ0v) is 7.02. The summed E-state index contributed by atoms with van der Waals surface area (Å²) in [6.45, 7) is 7.71. The number of hydrogen-bond acceptors (Lipinski definition) is 1. The quantitative estimate of drug-likeness (QED) is 0.419. The molecule has 0 aromatic rings. The van der Waals surface area contributed by atoms with Crippen molar-refractivity contribution in [3.63, 3.8) is 0 Å². The van der Waals surface area contributed by atoms with Crippen molar-refractivity contribution in [2.75, 3.05) is 7.05 Å². The Hall–Kier alpha value is -0.850. The molecule has 0 atom stereocenters. The summed E-state index contributed by atoms with van der Waals surface area (Å²) in [5.74, 6) is 0. The van der Waals surface area contributed by atoms with Crippen LogP contribution in [0.5, 0.6) is 0 Å². The van der Waals surface area contributed by atoms with Gasteiger partial charge >= 0.3 is 0 Å². The molecule has 0 aromatic heterocycles. The lowest BCUT2D eigenvalue weighted by molar-refractivity contribution is 1.31. The highest BCUT2D eigenvalue weighted by atomic mass is 14.7. The van der Waals surface area contributed by atoms with Crippen molar-refractivity contribution in [1.29, 1.82) is 0 Å².